The van der Waals surface area contributed by atoms with E-state index in [-0.39, 0.29) is 5.41 Å². The Kier molecular flexibility index (Phi) is 4.13. The average molecular weight is 325 g/mol. The highest BCUT2D eigenvalue weighted by Crippen LogP contribution is 2.26. The first-order chi connectivity index (χ1) is 8.97. The number of aromatic nitrogens is 3. The van der Waals surface area contributed by atoms with E-state index in [1.165, 1.54) is 0 Å². The molecule has 2 aromatic rings. The van der Waals surface area contributed by atoms with Gasteiger partial charge in [-0.3, -0.25) is 0 Å². The van der Waals surface area contributed by atoms with Crippen molar-refractivity contribution in [3.63, 3.8) is 0 Å². The molecule has 0 saturated heterocycles. The van der Waals surface area contributed by atoms with Crippen molar-refractivity contribution in [3.8, 4) is 0 Å². The summed E-state index contributed by atoms with van der Waals surface area (Å²) in [5, 5.41) is 5.59. The van der Waals surface area contributed by atoms with Crippen LogP contribution in [0.3, 0.4) is 0 Å². The number of fused-ring (bicyclic) bond motifs is 1. The number of halogens is 1. The predicted molar refractivity (Wildman–Crippen MR) is 83.4 cm³/mol. The first-order valence-corrected chi connectivity index (χ1v) is 7.75. The van der Waals surface area contributed by atoms with E-state index in [0.29, 0.717) is 0 Å². The van der Waals surface area contributed by atoms with Gasteiger partial charge in [0.2, 0.25) is 0 Å². The number of anilines is 1. The normalized spacial score (nSPS) is 12.1. The van der Waals surface area contributed by atoms with Gasteiger partial charge in [-0.2, -0.15) is 5.10 Å². The van der Waals surface area contributed by atoms with Crippen LogP contribution in [0.5, 0.6) is 0 Å². The molecule has 0 bridgehead atoms. The summed E-state index contributed by atoms with van der Waals surface area (Å²) >= 11 is 3.50. The van der Waals surface area contributed by atoms with E-state index in [4.69, 9.17) is 0 Å². The third-order valence-corrected chi connectivity index (χ3v) is 3.53. The Morgan fingerprint density at radius 1 is 1.37 bits per heavy atom. The van der Waals surface area contributed by atoms with Crippen molar-refractivity contribution in [3.05, 3.63) is 24.2 Å². The molecule has 0 fully saturated rings. The Hall–Kier alpha value is -1.10. The fraction of sp³-hybridized carbons (Fsp3) is 0.571. The van der Waals surface area contributed by atoms with Gasteiger partial charge in [0, 0.05) is 36.2 Å². The molecule has 19 heavy (non-hydrogen) atoms. The summed E-state index contributed by atoms with van der Waals surface area (Å²) in [6.45, 7) is 10.6. The van der Waals surface area contributed by atoms with Crippen LogP contribution in [0, 0.1) is 0 Å². The zero-order chi connectivity index (χ0) is 14.0. The van der Waals surface area contributed by atoms with Gasteiger partial charge in [0.1, 0.15) is 5.52 Å². The summed E-state index contributed by atoms with van der Waals surface area (Å²) in [5.41, 5.74) is 2.22. The molecule has 0 aliphatic carbocycles. The number of hydrogen-bond acceptors (Lipinski definition) is 3. The lowest BCUT2D eigenvalue weighted by atomic mass is 9.92. The summed E-state index contributed by atoms with van der Waals surface area (Å²) in [6.07, 6.45) is 3.73. The van der Waals surface area contributed by atoms with Crippen molar-refractivity contribution in [2.75, 3.05) is 23.3 Å². The third-order valence-electron chi connectivity index (χ3n) is 3.17. The van der Waals surface area contributed by atoms with Gasteiger partial charge in [0.05, 0.1) is 5.69 Å². The van der Waals surface area contributed by atoms with Crippen molar-refractivity contribution in [2.45, 2.75) is 33.1 Å². The lowest BCUT2D eigenvalue weighted by Gasteiger charge is -2.21. The van der Waals surface area contributed by atoms with E-state index >= 15 is 0 Å². The van der Waals surface area contributed by atoms with Crippen molar-refractivity contribution >= 4 is 27.3 Å². The fourth-order valence-electron chi connectivity index (χ4n) is 2.03. The van der Waals surface area contributed by atoms with Crippen LogP contribution in [0.15, 0.2) is 18.5 Å². The SMILES string of the molecule is CCN(CCBr)c1nccn2nc(C(C)(C)C)cc12. The van der Waals surface area contributed by atoms with E-state index in [1.807, 2.05) is 16.9 Å². The van der Waals surface area contributed by atoms with E-state index in [9.17, 15) is 0 Å². The van der Waals surface area contributed by atoms with Crippen LogP contribution in [-0.2, 0) is 5.41 Å². The molecular weight excluding hydrogens is 304 g/mol. The summed E-state index contributed by atoms with van der Waals surface area (Å²) in [7, 11) is 0. The molecule has 0 atom stereocenters. The highest BCUT2D eigenvalue weighted by molar-refractivity contribution is 9.09. The Balaban J connectivity index is 2.53. The Labute approximate surface area is 123 Å². The molecule has 2 aromatic heterocycles. The smallest absolute Gasteiger partial charge is 0.154 e. The molecule has 0 aromatic carbocycles. The lowest BCUT2D eigenvalue weighted by Crippen LogP contribution is -2.26. The molecular formula is C14H21BrN4. The van der Waals surface area contributed by atoms with Gasteiger partial charge in [-0.1, -0.05) is 36.7 Å². The maximum absolute atomic E-state index is 4.66. The second kappa shape index (κ2) is 5.49. The van der Waals surface area contributed by atoms with Crippen LogP contribution in [0.1, 0.15) is 33.4 Å². The molecule has 2 rings (SSSR count). The maximum atomic E-state index is 4.66. The zero-order valence-electron chi connectivity index (χ0n) is 12.0. The Morgan fingerprint density at radius 2 is 2.11 bits per heavy atom. The quantitative estimate of drug-likeness (QED) is 0.809. The van der Waals surface area contributed by atoms with Crippen molar-refractivity contribution in [1.82, 2.24) is 14.6 Å². The largest absolute Gasteiger partial charge is 0.354 e. The molecule has 0 radical (unpaired) electrons. The molecule has 0 N–H and O–H groups in total. The van der Waals surface area contributed by atoms with Gasteiger partial charge in [0.25, 0.3) is 0 Å². The number of alkyl halides is 1. The van der Waals surface area contributed by atoms with Gasteiger partial charge in [-0.05, 0) is 13.0 Å². The molecule has 0 spiro atoms. The van der Waals surface area contributed by atoms with Crippen LogP contribution < -0.4 is 4.90 Å². The Morgan fingerprint density at radius 3 is 2.68 bits per heavy atom. The van der Waals surface area contributed by atoms with E-state index in [2.05, 4.69) is 64.7 Å². The minimum absolute atomic E-state index is 0.0513. The van der Waals surface area contributed by atoms with E-state index < -0.39 is 0 Å². The lowest BCUT2D eigenvalue weighted by molar-refractivity contribution is 0.562. The third kappa shape index (κ3) is 2.91. The number of nitrogens with zero attached hydrogens (tertiary/aromatic N) is 4. The molecule has 2 heterocycles. The fourth-order valence-corrected chi connectivity index (χ4v) is 2.46. The van der Waals surface area contributed by atoms with Gasteiger partial charge < -0.3 is 4.90 Å². The Bertz CT molecular complexity index is 556. The summed E-state index contributed by atoms with van der Waals surface area (Å²) in [4.78, 5) is 6.80. The number of rotatable bonds is 4. The molecule has 4 nitrogen and oxygen atoms in total. The maximum Gasteiger partial charge on any atom is 0.154 e. The molecule has 0 aliphatic heterocycles. The van der Waals surface area contributed by atoms with Crippen LogP contribution in [-0.4, -0.2) is 33.0 Å². The predicted octanol–water partition coefficient (Wildman–Crippen LogP) is 3.25. The van der Waals surface area contributed by atoms with Crippen molar-refractivity contribution in [2.24, 2.45) is 0 Å². The monoisotopic (exact) mass is 324 g/mol. The van der Waals surface area contributed by atoms with Gasteiger partial charge in [-0.15, -0.1) is 0 Å². The minimum atomic E-state index is 0.0513. The van der Waals surface area contributed by atoms with Crippen LogP contribution >= 0.6 is 15.9 Å². The second-order valence-electron chi connectivity index (χ2n) is 5.63. The molecule has 0 amide bonds. The molecule has 0 aliphatic rings. The zero-order valence-corrected chi connectivity index (χ0v) is 13.6. The van der Waals surface area contributed by atoms with Gasteiger partial charge in [-0.25, -0.2) is 9.50 Å². The highest BCUT2D eigenvalue weighted by atomic mass is 79.9. The van der Waals surface area contributed by atoms with Crippen LogP contribution in [0.2, 0.25) is 0 Å². The minimum Gasteiger partial charge on any atom is -0.354 e. The second-order valence-corrected chi connectivity index (χ2v) is 6.42. The van der Waals surface area contributed by atoms with Crippen molar-refractivity contribution < 1.29 is 0 Å². The molecule has 0 unspecified atom stereocenters. The van der Waals surface area contributed by atoms with Gasteiger partial charge >= 0.3 is 0 Å². The summed E-state index contributed by atoms with van der Waals surface area (Å²) < 4.78 is 1.93. The summed E-state index contributed by atoms with van der Waals surface area (Å²) in [6, 6.07) is 2.15. The average Bonchev–Trinajstić information content (AvgIpc) is 2.79. The highest BCUT2D eigenvalue weighted by Gasteiger charge is 2.20. The van der Waals surface area contributed by atoms with E-state index in [0.717, 1.165) is 35.4 Å². The van der Waals surface area contributed by atoms with E-state index in [1.54, 1.807) is 0 Å². The standard InChI is InChI=1S/C14H21BrN4/c1-5-18(8-6-15)13-11-10-12(14(2,3)4)17-19(11)9-7-16-13/h7,9-10H,5-6,8H2,1-4H3. The molecule has 104 valence electrons. The first-order valence-electron chi connectivity index (χ1n) is 6.63. The molecule has 0 saturated carbocycles. The van der Waals surface area contributed by atoms with Crippen molar-refractivity contribution in [1.29, 1.82) is 0 Å². The number of hydrogen-bond donors (Lipinski definition) is 0. The van der Waals surface area contributed by atoms with Gasteiger partial charge in [0.15, 0.2) is 5.82 Å². The topological polar surface area (TPSA) is 33.4 Å². The summed E-state index contributed by atoms with van der Waals surface area (Å²) in [5.74, 6) is 1.01. The molecule has 5 heteroatoms. The first kappa shape index (κ1) is 14.3. The van der Waals surface area contributed by atoms with Crippen LogP contribution in [0.4, 0.5) is 5.82 Å². The van der Waals surface area contributed by atoms with Crippen LogP contribution in [0.25, 0.3) is 5.52 Å².